The van der Waals surface area contributed by atoms with Gasteiger partial charge in [-0.1, -0.05) is 18.2 Å². The molecule has 4 heteroatoms. The number of nitrogens with zero attached hydrogens (tertiary/aromatic N) is 2. The normalized spacial score (nSPS) is 16.6. The fourth-order valence-electron chi connectivity index (χ4n) is 2.59. The van der Waals surface area contributed by atoms with Gasteiger partial charge < -0.3 is 10.1 Å². The molecule has 0 saturated carbocycles. The van der Waals surface area contributed by atoms with Crippen LogP contribution in [0.4, 0.5) is 0 Å². The Balaban J connectivity index is 1.52. The van der Waals surface area contributed by atoms with E-state index >= 15 is 0 Å². The molecular weight excluding hydrogens is 250 g/mol. The first kappa shape index (κ1) is 13.5. The van der Waals surface area contributed by atoms with Crippen molar-refractivity contribution in [2.45, 2.75) is 6.54 Å². The van der Waals surface area contributed by atoms with Crippen LogP contribution in [0.3, 0.4) is 0 Å². The predicted molar refractivity (Wildman–Crippen MR) is 80.7 cm³/mol. The van der Waals surface area contributed by atoms with Crippen molar-refractivity contribution in [2.75, 3.05) is 39.4 Å². The number of pyridine rings is 1. The fourth-order valence-corrected chi connectivity index (χ4v) is 2.59. The predicted octanol–water partition coefficient (Wildman–Crippen LogP) is 1.66. The molecule has 2 heterocycles. The maximum absolute atomic E-state index is 5.35. The Bertz CT molecular complexity index is 547. The van der Waals surface area contributed by atoms with E-state index in [-0.39, 0.29) is 0 Å². The number of aromatic nitrogens is 1. The number of rotatable bonds is 5. The van der Waals surface area contributed by atoms with Crippen molar-refractivity contribution in [1.29, 1.82) is 0 Å². The first-order valence-electron chi connectivity index (χ1n) is 7.27. The second-order valence-electron chi connectivity index (χ2n) is 5.12. The standard InChI is InChI=1S/C16H21N3O/c1-2-4-16-15(3-1)14(5-6-18-16)13-17-7-8-19-9-11-20-12-10-19/h1-6,17H,7-13H2. The maximum atomic E-state index is 5.35. The van der Waals surface area contributed by atoms with Crippen molar-refractivity contribution < 1.29 is 4.74 Å². The van der Waals surface area contributed by atoms with Gasteiger partial charge in [0.1, 0.15) is 0 Å². The summed E-state index contributed by atoms with van der Waals surface area (Å²) in [5.74, 6) is 0. The SMILES string of the molecule is c1ccc2c(CNCCN3CCOCC3)ccnc2c1. The molecule has 0 spiro atoms. The Labute approximate surface area is 119 Å². The summed E-state index contributed by atoms with van der Waals surface area (Å²) in [6.07, 6.45) is 1.89. The Morgan fingerprint density at radius 1 is 1.15 bits per heavy atom. The van der Waals surface area contributed by atoms with Gasteiger partial charge in [0.05, 0.1) is 18.7 Å². The van der Waals surface area contributed by atoms with E-state index in [1.807, 2.05) is 12.3 Å². The molecule has 106 valence electrons. The molecule has 0 aliphatic carbocycles. The lowest BCUT2D eigenvalue weighted by atomic mass is 10.1. The average molecular weight is 271 g/mol. The number of morpholine rings is 1. The van der Waals surface area contributed by atoms with Crippen LogP contribution in [0.5, 0.6) is 0 Å². The van der Waals surface area contributed by atoms with E-state index in [2.05, 4.69) is 39.5 Å². The molecule has 0 unspecified atom stereocenters. The summed E-state index contributed by atoms with van der Waals surface area (Å²) in [7, 11) is 0. The van der Waals surface area contributed by atoms with Crippen molar-refractivity contribution in [2.24, 2.45) is 0 Å². The number of benzene rings is 1. The van der Waals surface area contributed by atoms with Crippen LogP contribution in [0, 0.1) is 0 Å². The van der Waals surface area contributed by atoms with Gasteiger partial charge in [-0.2, -0.15) is 0 Å². The lowest BCUT2D eigenvalue weighted by Gasteiger charge is -2.26. The van der Waals surface area contributed by atoms with Gasteiger partial charge in [-0.3, -0.25) is 9.88 Å². The fraction of sp³-hybridized carbons (Fsp3) is 0.438. The molecule has 1 aliphatic rings. The largest absolute Gasteiger partial charge is 0.379 e. The van der Waals surface area contributed by atoms with Crippen molar-refractivity contribution in [1.82, 2.24) is 15.2 Å². The number of nitrogens with one attached hydrogen (secondary N) is 1. The molecule has 20 heavy (non-hydrogen) atoms. The van der Waals surface area contributed by atoms with Gasteiger partial charge >= 0.3 is 0 Å². The van der Waals surface area contributed by atoms with E-state index < -0.39 is 0 Å². The van der Waals surface area contributed by atoms with Gasteiger partial charge in [0.15, 0.2) is 0 Å². The molecule has 1 aromatic carbocycles. The highest BCUT2D eigenvalue weighted by atomic mass is 16.5. The van der Waals surface area contributed by atoms with Gasteiger partial charge in [0, 0.05) is 44.3 Å². The highest BCUT2D eigenvalue weighted by molar-refractivity contribution is 5.81. The second-order valence-corrected chi connectivity index (χ2v) is 5.12. The first-order chi connectivity index (χ1) is 9.93. The van der Waals surface area contributed by atoms with Crippen molar-refractivity contribution in [3.63, 3.8) is 0 Å². The lowest BCUT2D eigenvalue weighted by Crippen LogP contribution is -2.40. The summed E-state index contributed by atoms with van der Waals surface area (Å²) >= 11 is 0. The minimum atomic E-state index is 0.870. The topological polar surface area (TPSA) is 37.4 Å². The third kappa shape index (κ3) is 3.33. The monoisotopic (exact) mass is 271 g/mol. The third-order valence-electron chi connectivity index (χ3n) is 3.76. The van der Waals surface area contributed by atoms with Gasteiger partial charge in [-0.05, 0) is 17.7 Å². The second kappa shape index (κ2) is 6.79. The van der Waals surface area contributed by atoms with Crippen LogP contribution in [0.1, 0.15) is 5.56 Å². The Morgan fingerprint density at radius 2 is 2.00 bits per heavy atom. The minimum absolute atomic E-state index is 0.870. The van der Waals surface area contributed by atoms with E-state index in [1.165, 1.54) is 10.9 Å². The molecular formula is C16H21N3O. The molecule has 1 saturated heterocycles. The summed E-state index contributed by atoms with van der Waals surface area (Å²) in [5.41, 5.74) is 2.39. The average Bonchev–Trinajstić information content (AvgIpc) is 2.53. The highest BCUT2D eigenvalue weighted by Gasteiger charge is 2.09. The number of fused-ring (bicyclic) bond motifs is 1. The number of hydrogen-bond donors (Lipinski definition) is 1. The van der Waals surface area contributed by atoms with Crippen molar-refractivity contribution in [3.05, 3.63) is 42.1 Å². The number of ether oxygens (including phenoxy) is 1. The molecule has 4 nitrogen and oxygen atoms in total. The smallest absolute Gasteiger partial charge is 0.0705 e. The highest BCUT2D eigenvalue weighted by Crippen LogP contribution is 2.15. The zero-order valence-corrected chi connectivity index (χ0v) is 11.7. The van der Waals surface area contributed by atoms with Gasteiger partial charge in [0.25, 0.3) is 0 Å². The van der Waals surface area contributed by atoms with Crippen LogP contribution in [0.25, 0.3) is 10.9 Å². The Kier molecular flexibility index (Phi) is 4.58. The Morgan fingerprint density at radius 3 is 2.90 bits per heavy atom. The van der Waals surface area contributed by atoms with E-state index in [0.717, 1.165) is 51.5 Å². The minimum Gasteiger partial charge on any atom is -0.379 e. The molecule has 0 bridgehead atoms. The summed E-state index contributed by atoms with van der Waals surface area (Å²) in [6, 6.07) is 10.4. The summed E-state index contributed by atoms with van der Waals surface area (Å²) in [5, 5.41) is 4.78. The summed E-state index contributed by atoms with van der Waals surface area (Å²) < 4.78 is 5.35. The van der Waals surface area contributed by atoms with Gasteiger partial charge in [0.2, 0.25) is 0 Å². The van der Waals surface area contributed by atoms with E-state index in [0.29, 0.717) is 0 Å². The Hall–Kier alpha value is -1.49. The maximum Gasteiger partial charge on any atom is 0.0705 e. The third-order valence-corrected chi connectivity index (χ3v) is 3.76. The van der Waals surface area contributed by atoms with E-state index in [1.54, 1.807) is 0 Å². The van der Waals surface area contributed by atoms with E-state index in [9.17, 15) is 0 Å². The quantitative estimate of drug-likeness (QED) is 0.839. The number of hydrogen-bond acceptors (Lipinski definition) is 4. The van der Waals surface area contributed by atoms with Crippen LogP contribution in [0.2, 0.25) is 0 Å². The van der Waals surface area contributed by atoms with Crippen molar-refractivity contribution >= 4 is 10.9 Å². The molecule has 1 aromatic heterocycles. The summed E-state index contributed by atoms with van der Waals surface area (Å²) in [6.45, 7) is 6.85. The number of para-hydroxylation sites is 1. The molecule has 1 fully saturated rings. The van der Waals surface area contributed by atoms with Crippen LogP contribution in [-0.4, -0.2) is 49.3 Å². The van der Waals surface area contributed by atoms with Crippen LogP contribution >= 0.6 is 0 Å². The summed E-state index contributed by atoms with van der Waals surface area (Å²) in [4.78, 5) is 6.84. The van der Waals surface area contributed by atoms with Crippen LogP contribution in [0.15, 0.2) is 36.5 Å². The first-order valence-corrected chi connectivity index (χ1v) is 7.27. The molecule has 0 radical (unpaired) electrons. The molecule has 1 N–H and O–H groups in total. The van der Waals surface area contributed by atoms with Crippen LogP contribution in [-0.2, 0) is 11.3 Å². The zero-order chi connectivity index (χ0) is 13.6. The zero-order valence-electron chi connectivity index (χ0n) is 11.7. The van der Waals surface area contributed by atoms with E-state index in [4.69, 9.17) is 4.74 Å². The molecule has 0 atom stereocenters. The van der Waals surface area contributed by atoms with Gasteiger partial charge in [-0.15, -0.1) is 0 Å². The molecule has 3 rings (SSSR count). The lowest BCUT2D eigenvalue weighted by molar-refractivity contribution is 0.0384. The molecule has 1 aliphatic heterocycles. The molecule has 0 amide bonds. The van der Waals surface area contributed by atoms with Gasteiger partial charge in [-0.25, -0.2) is 0 Å². The van der Waals surface area contributed by atoms with Crippen LogP contribution < -0.4 is 5.32 Å². The molecule has 2 aromatic rings. The van der Waals surface area contributed by atoms with Crippen molar-refractivity contribution in [3.8, 4) is 0 Å².